The van der Waals surface area contributed by atoms with Gasteiger partial charge < -0.3 is 10.2 Å². The Hall–Kier alpha value is -1.81. The van der Waals surface area contributed by atoms with Gasteiger partial charge in [-0.25, -0.2) is 4.98 Å². The lowest BCUT2D eigenvalue weighted by molar-refractivity contribution is 0.321. The summed E-state index contributed by atoms with van der Waals surface area (Å²) in [5, 5.41) is 11.2. The summed E-state index contributed by atoms with van der Waals surface area (Å²) < 4.78 is 0. The number of oxime groups is 1. The molecule has 0 radical (unpaired) electrons. The van der Waals surface area contributed by atoms with Crippen molar-refractivity contribution in [3.8, 4) is 11.4 Å². The summed E-state index contributed by atoms with van der Waals surface area (Å²) >= 11 is 0. The van der Waals surface area contributed by atoms with Crippen LogP contribution in [0.3, 0.4) is 0 Å². The summed E-state index contributed by atoms with van der Waals surface area (Å²) in [4.78, 5) is 7.16. The molecule has 0 spiro atoms. The lowest BCUT2D eigenvalue weighted by Crippen LogP contribution is -1.81. The van der Waals surface area contributed by atoms with Crippen molar-refractivity contribution in [3.63, 3.8) is 0 Å². The largest absolute Gasteiger partial charge is 0.411 e. The molecule has 15 heavy (non-hydrogen) atoms. The van der Waals surface area contributed by atoms with Crippen LogP contribution in [0.1, 0.15) is 5.69 Å². The summed E-state index contributed by atoms with van der Waals surface area (Å²) in [5.41, 5.74) is 1.68. The molecule has 78 valence electrons. The van der Waals surface area contributed by atoms with Crippen molar-refractivity contribution >= 4 is 18.6 Å². The van der Waals surface area contributed by atoms with Crippen LogP contribution in [0.4, 0.5) is 0 Å². The Labute approximate surface area is 93.1 Å². The average Bonchev–Trinajstić information content (AvgIpc) is 2.68. The first kappa shape index (κ1) is 11.3. The van der Waals surface area contributed by atoms with E-state index in [0.717, 1.165) is 11.4 Å². The minimum Gasteiger partial charge on any atom is -0.411 e. The third-order valence-corrected chi connectivity index (χ3v) is 1.84. The Bertz CT molecular complexity index is 439. The molecule has 0 unspecified atom stereocenters. The molecule has 4 nitrogen and oxygen atoms in total. The van der Waals surface area contributed by atoms with E-state index in [1.807, 2.05) is 30.3 Å². The van der Waals surface area contributed by atoms with Crippen LogP contribution in [0.15, 0.2) is 41.7 Å². The number of hydrogen-bond acceptors (Lipinski definition) is 3. The summed E-state index contributed by atoms with van der Waals surface area (Å²) in [6.07, 6.45) is 2.92. The number of aromatic nitrogens is 2. The zero-order valence-electron chi connectivity index (χ0n) is 7.79. The lowest BCUT2D eigenvalue weighted by Gasteiger charge is -1.93. The SMILES string of the molecule is Cl.O/N=C/c1cnc(-c2ccccc2)[nH]1. The number of imidazole rings is 1. The van der Waals surface area contributed by atoms with Gasteiger partial charge in [-0.3, -0.25) is 0 Å². The topological polar surface area (TPSA) is 61.3 Å². The maximum absolute atomic E-state index is 8.32. The Kier molecular flexibility index (Phi) is 3.88. The van der Waals surface area contributed by atoms with E-state index in [1.165, 1.54) is 6.21 Å². The van der Waals surface area contributed by atoms with Crippen LogP contribution < -0.4 is 0 Å². The molecule has 0 amide bonds. The second-order valence-electron chi connectivity index (χ2n) is 2.80. The van der Waals surface area contributed by atoms with Gasteiger partial charge in [0.15, 0.2) is 0 Å². The van der Waals surface area contributed by atoms with Gasteiger partial charge in [-0.1, -0.05) is 35.5 Å². The van der Waals surface area contributed by atoms with Crippen LogP contribution >= 0.6 is 12.4 Å². The molecule has 2 N–H and O–H groups in total. The predicted molar refractivity (Wildman–Crippen MR) is 60.7 cm³/mol. The zero-order valence-corrected chi connectivity index (χ0v) is 8.61. The number of nitrogens with one attached hydrogen (secondary N) is 1. The molecule has 0 fully saturated rings. The normalized spacial score (nSPS) is 10.1. The predicted octanol–water partition coefficient (Wildman–Crippen LogP) is 2.31. The van der Waals surface area contributed by atoms with Gasteiger partial charge in [0, 0.05) is 5.56 Å². The number of nitrogens with zero attached hydrogens (tertiary/aromatic N) is 2. The van der Waals surface area contributed by atoms with E-state index >= 15 is 0 Å². The number of halogens is 1. The lowest BCUT2D eigenvalue weighted by atomic mass is 10.2. The molecule has 0 aliphatic carbocycles. The van der Waals surface area contributed by atoms with Gasteiger partial charge in [0.1, 0.15) is 5.82 Å². The number of H-pyrrole nitrogens is 1. The van der Waals surface area contributed by atoms with Gasteiger partial charge in [-0.2, -0.15) is 0 Å². The highest BCUT2D eigenvalue weighted by molar-refractivity contribution is 5.85. The summed E-state index contributed by atoms with van der Waals surface area (Å²) in [7, 11) is 0. The molecule has 5 heteroatoms. The molecule has 1 aromatic carbocycles. The van der Waals surface area contributed by atoms with Crippen molar-refractivity contribution in [2.45, 2.75) is 0 Å². The maximum Gasteiger partial charge on any atom is 0.137 e. The third-order valence-electron chi connectivity index (χ3n) is 1.84. The van der Waals surface area contributed by atoms with E-state index in [-0.39, 0.29) is 12.4 Å². The van der Waals surface area contributed by atoms with Crippen molar-refractivity contribution in [1.82, 2.24) is 9.97 Å². The number of hydrogen-bond donors (Lipinski definition) is 2. The molecule has 0 atom stereocenters. The summed E-state index contributed by atoms with van der Waals surface area (Å²) in [6, 6.07) is 9.75. The Morgan fingerprint density at radius 2 is 2.00 bits per heavy atom. The molecule has 0 saturated heterocycles. The van der Waals surface area contributed by atoms with E-state index in [2.05, 4.69) is 15.1 Å². The Morgan fingerprint density at radius 3 is 2.67 bits per heavy atom. The second-order valence-corrected chi connectivity index (χ2v) is 2.80. The quantitative estimate of drug-likeness (QED) is 0.466. The number of benzene rings is 1. The van der Waals surface area contributed by atoms with E-state index in [0.29, 0.717) is 5.69 Å². The van der Waals surface area contributed by atoms with Crippen LogP contribution in [0, 0.1) is 0 Å². The van der Waals surface area contributed by atoms with Crippen LogP contribution in [0.2, 0.25) is 0 Å². The maximum atomic E-state index is 8.32. The highest BCUT2D eigenvalue weighted by Crippen LogP contribution is 2.13. The standard InChI is InChI=1S/C10H9N3O.ClH/c14-12-7-9-6-11-10(13-9)8-4-2-1-3-5-8;/h1-7,14H,(H,11,13);1H/b12-7+;. The van der Waals surface area contributed by atoms with Gasteiger partial charge in [0.2, 0.25) is 0 Å². The molecule has 0 aliphatic heterocycles. The fraction of sp³-hybridized carbons (Fsp3) is 0. The molecular formula is C10H10ClN3O. The molecule has 2 rings (SSSR count). The monoisotopic (exact) mass is 223 g/mol. The first-order chi connectivity index (χ1) is 6.90. The van der Waals surface area contributed by atoms with E-state index in [1.54, 1.807) is 6.20 Å². The number of rotatable bonds is 2. The highest BCUT2D eigenvalue weighted by Gasteiger charge is 2.00. The van der Waals surface area contributed by atoms with Crippen molar-refractivity contribution < 1.29 is 5.21 Å². The molecule has 2 aromatic rings. The average molecular weight is 224 g/mol. The Morgan fingerprint density at radius 1 is 1.27 bits per heavy atom. The molecule has 0 bridgehead atoms. The van der Waals surface area contributed by atoms with Gasteiger partial charge in [0.05, 0.1) is 18.1 Å². The van der Waals surface area contributed by atoms with Crippen molar-refractivity contribution in [3.05, 3.63) is 42.2 Å². The van der Waals surface area contributed by atoms with E-state index < -0.39 is 0 Å². The minimum absolute atomic E-state index is 0. The molecule has 1 aromatic heterocycles. The molecule has 1 heterocycles. The first-order valence-corrected chi connectivity index (χ1v) is 4.18. The van der Waals surface area contributed by atoms with Crippen molar-refractivity contribution in [2.75, 3.05) is 0 Å². The molecule has 0 saturated carbocycles. The van der Waals surface area contributed by atoms with Crippen LogP contribution in [0.5, 0.6) is 0 Å². The highest BCUT2D eigenvalue weighted by atomic mass is 35.5. The van der Waals surface area contributed by atoms with Gasteiger partial charge in [-0.05, 0) is 0 Å². The van der Waals surface area contributed by atoms with Crippen LogP contribution in [-0.2, 0) is 0 Å². The van der Waals surface area contributed by atoms with E-state index in [9.17, 15) is 0 Å². The van der Waals surface area contributed by atoms with Crippen molar-refractivity contribution in [1.29, 1.82) is 0 Å². The third kappa shape index (κ3) is 2.57. The fourth-order valence-corrected chi connectivity index (χ4v) is 1.21. The summed E-state index contributed by atoms with van der Waals surface area (Å²) in [5.74, 6) is 0.764. The minimum atomic E-state index is 0. The van der Waals surface area contributed by atoms with Gasteiger partial charge in [0.25, 0.3) is 0 Å². The van der Waals surface area contributed by atoms with Gasteiger partial charge >= 0.3 is 0 Å². The smallest absolute Gasteiger partial charge is 0.137 e. The van der Waals surface area contributed by atoms with Crippen molar-refractivity contribution in [2.24, 2.45) is 5.16 Å². The number of aromatic amines is 1. The fourth-order valence-electron chi connectivity index (χ4n) is 1.21. The second kappa shape index (κ2) is 5.17. The van der Waals surface area contributed by atoms with Crippen LogP contribution in [-0.4, -0.2) is 21.4 Å². The Balaban J connectivity index is 0.00000112. The first-order valence-electron chi connectivity index (χ1n) is 4.18. The van der Waals surface area contributed by atoms with E-state index in [4.69, 9.17) is 5.21 Å². The summed E-state index contributed by atoms with van der Waals surface area (Å²) in [6.45, 7) is 0. The zero-order chi connectivity index (χ0) is 9.80. The van der Waals surface area contributed by atoms with Crippen LogP contribution in [0.25, 0.3) is 11.4 Å². The van der Waals surface area contributed by atoms with Gasteiger partial charge in [-0.15, -0.1) is 12.4 Å². The molecule has 0 aliphatic rings. The molecular weight excluding hydrogens is 214 g/mol.